The number of hydrogen-bond acceptors (Lipinski definition) is 4. The zero-order valence-corrected chi connectivity index (χ0v) is 14.5. The van der Waals surface area contributed by atoms with Gasteiger partial charge < -0.3 is 10.2 Å². The average Bonchev–Trinajstić information content (AvgIpc) is 3.00. The van der Waals surface area contributed by atoms with Gasteiger partial charge in [-0.1, -0.05) is 0 Å². The number of amides is 2. The third-order valence-corrected chi connectivity index (χ3v) is 4.27. The Bertz CT molecular complexity index is 890. The Kier molecular flexibility index (Phi) is 4.37. The fourth-order valence-electron chi connectivity index (χ4n) is 3.17. The number of carbonyl (C=O) groups is 2. The minimum Gasteiger partial charge on any atom is -0.340 e. The summed E-state index contributed by atoms with van der Waals surface area (Å²) in [7, 11) is 0. The number of rotatable bonds is 3. The van der Waals surface area contributed by atoms with E-state index in [4.69, 9.17) is 0 Å². The molecule has 1 atom stereocenters. The minimum absolute atomic E-state index is 0.0481. The molecular formula is C16H18F3N5O2. The summed E-state index contributed by atoms with van der Waals surface area (Å²) in [5.74, 6) is -1.30. The predicted molar refractivity (Wildman–Crippen MR) is 85.7 cm³/mol. The fraction of sp³-hybridized carbons (Fsp3) is 0.500. The van der Waals surface area contributed by atoms with E-state index >= 15 is 0 Å². The topological polar surface area (TPSA) is 79.6 Å². The van der Waals surface area contributed by atoms with Gasteiger partial charge in [-0.25, -0.2) is 9.50 Å². The highest BCUT2D eigenvalue weighted by atomic mass is 19.4. The third-order valence-electron chi connectivity index (χ3n) is 4.27. The van der Waals surface area contributed by atoms with E-state index in [1.807, 2.05) is 13.0 Å². The van der Waals surface area contributed by atoms with Gasteiger partial charge in [-0.15, -0.1) is 0 Å². The van der Waals surface area contributed by atoms with Crippen molar-refractivity contribution >= 4 is 17.5 Å². The molecule has 140 valence electrons. The standard InChI is InChI=1S/C16H18F3N5O2/c1-8-6-9(2)24-13(20-8)12(10(3)22-24)14(25)21-11-4-5-23(15(11)26)7-16(17,18)19/h6,11H,4-5,7H2,1-3H3,(H,21,25). The number of aryl methyl sites for hydroxylation is 3. The maximum absolute atomic E-state index is 12.7. The molecule has 0 spiro atoms. The van der Waals surface area contributed by atoms with Gasteiger partial charge in [0, 0.05) is 17.9 Å². The molecule has 2 aromatic rings. The first-order chi connectivity index (χ1) is 12.1. The van der Waals surface area contributed by atoms with Crippen LogP contribution in [-0.2, 0) is 4.79 Å². The smallest absolute Gasteiger partial charge is 0.340 e. The summed E-state index contributed by atoms with van der Waals surface area (Å²) in [6.07, 6.45) is -4.34. The number of nitrogens with one attached hydrogen (secondary N) is 1. The highest BCUT2D eigenvalue weighted by molar-refractivity contribution is 6.03. The van der Waals surface area contributed by atoms with Gasteiger partial charge in [-0.3, -0.25) is 9.59 Å². The Morgan fingerprint density at radius 3 is 2.69 bits per heavy atom. The van der Waals surface area contributed by atoms with Crippen LogP contribution in [0.25, 0.3) is 5.65 Å². The molecule has 3 heterocycles. The number of alkyl halides is 3. The average molecular weight is 369 g/mol. The van der Waals surface area contributed by atoms with E-state index in [0.29, 0.717) is 21.9 Å². The highest BCUT2D eigenvalue weighted by Crippen LogP contribution is 2.22. The highest BCUT2D eigenvalue weighted by Gasteiger charge is 2.40. The number of fused-ring (bicyclic) bond motifs is 1. The molecule has 0 saturated carbocycles. The molecule has 1 saturated heterocycles. The van der Waals surface area contributed by atoms with Crippen LogP contribution in [0.15, 0.2) is 6.07 Å². The Morgan fingerprint density at radius 2 is 2.04 bits per heavy atom. The van der Waals surface area contributed by atoms with Crippen LogP contribution in [0.2, 0.25) is 0 Å². The van der Waals surface area contributed by atoms with Crippen LogP contribution in [0.5, 0.6) is 0 Å². The van der Waals surface area contributed by atoms with Crippen molar-refractivity contribution in [3.63, 3.8) is 0 Å². The lowest BCUT2D eigenvalue weighted by Crippen LogP contribution is -2.43. The zero-order chi connectivity index (χ0) is 19.2. The van der Waals surface area contributed by atoms with Gasteiger partial charge >= 0.3 is 6.18 Å². The first kappa shape index (κ1) is 18.2. The van der Waals surface area contributed by atoms with Crippen LogP contribution in [0, 0.1) is 20.8 Å². The summed E-state index contributed by atoms with van der Waals surface area (Å²) in [5, 5.41) is 6.81. The van der Waals surface area contributed by atoms with Crippen molar-refractivity contribution in [3.05, 3.63) is 28.7 Å². The Hall–Kier alpha value is -2.65. The normalized spacial score (nSPS) is 18.0. The van der Waals surface area contributed by atoms with Crippen LogP contribution in [-0.4, -0.2) is 56.6 Å². The lowest BCUT2D eigenvalue weighted by molar-refractivity contribution is -0.157. The van der Waals surface area contributed by atoms with E-state index in [9.17, 15) is 22.8 Å². The van der Waals surface area contributed by atoms with E-state index in [0.717, 1.165) is 5.69 Å². The van der Waals surface area contributed by atoms with Crippen LogP contribution in [0.4, 0.5) is 13.2 Å². The molecule has 1 aliphatic heterocycles. The fourth-order valence-corrected chi connectivity index (χ4v) is 3.17. The molecule has 26 heavy (non-hydrogen) atoms. The molecule has 2 amide bonds. The molecule has 7 nitrogen and oxygen atoms in total. The van der Waals surface area contributed by atoms with Crippen LogP contribution < -0.4 is 5.32 Å². The van der Waals surface area contributed by atoms with Crippen molar-refractivity contribution < 1.29 is 22.8 Å². The minimum atomic E-state index is -4.47. The first-order valence-corrected chi connectivity index (χ1v) is 8.07. The van der Waals surface area contributed by atoms with Gasteiger partial charge in [-0.2, -0.15) is 18.3 Å². The maximum Gasteiger partial charge on any atom is 0.406 e. The van der Waals surface area contributed by atoms with Gasteiger partial charge in [0.2, 0.25) is 5.91 Å². The largest absolute Gasteiger partial charge is 0.406 e. The summed E-state index contributed by atoms with van der Waals surface area (Å²) in [6.45, 7) is 3.89. The Labute approximate surface area is 147 Å². The van der Waals surface area contributed by atoms with Gasteiger partial charge in [0.25, 0.3) is 5.91 Å². The lowest BCUT2D eigenvalue weighted by atomic mass is 10.2. The van der Waals surface area contributed by atoms with Crippen molar-refractivity contribution in [2.45, 2.75) is 39.4 Å². The summed E-state index contributed by atoms with van der Waals surface area (Å²) in [4.78, 5) is 29.8. The zero-order valence-electron chi connectivity index (χ0n) is 14.5. The second kappa shape index (κ2) is 6.26. The van der Waals surface area contributed by atoms with Crippen molar-refractivity contribution in [1.29, 1.82) is 0 Å². The van der Waals surface area contributed by atoms with E-state index in [1.54, 1.807) is 13.8 Å². The summed E-state index contributed by atoms with van der Waals surface area (Å²) >= 11 is 0. The molecule has 1 N–H and O–H groups in total. The monoisotopic (exact) mass is 369 g/mol. The maximum atomic E-state index is 12.7. The van der Waals surface area contributed by atoms with Crippen molar-refractivity contribution in [2.75, 3.05) is 13.1 Å². The second-order valence-corrected chi connectivity index (χ2v) is 6.42. The van der Waals surface area contributed by atoms with E-state index in [1.165, 1.54) is 4.52 Å². The molecule has 10 heteroatoms. The second-order valence-electron chi connectivity index (χ2n) is 6.42. The molecule has 2 aromatic heterocycles. The molecule has 1 unspecified atom stereocenters. The van der Waals surface area contributed by atoms with Gasteiger partial charge in [-0.05, 0) is 33.3 Å². The summed E-state index contributed by atoms with van der Waals surface area (Å²) < 4.78 is 39.0. The Morgan fingerprint density at radius 1 is 1.35 bits per heavy atom. The molecule has 1 aliphatic rings. The number of halogens is 3. The molecule has 0 radical (unpaired) electrons. The number of hydrogen-bond donors (Lipinski definition) is 1. The third kappa shape index (κ3) is 3.35. The molecule has 0 bridgehead atoms. The van der Waals surface area contributed by atoms with E-state index in [2.05, 4.69) is 15.4 Å². The number of nitrogens with zero attached hydrogens (tertiary/aromatic N) is 4. The molecule has 0 aromatic carbocycles. The first-order valence-electron chi connectivity index (χ1n) is 8.07. The number of carbonyl (C=O) groups excluding carboxylic acids is 2. The number of aromatic nitrogens is 3. The quantitative estimate of drug-likeness (QED) is 0.890. The van der Waals surface area contributed by atoms with Gasteiger partial charge in [0.15, 0.2) is 5.65 Å². The number of likely N-dealkylation sites (tertiary alicyclic amines) is 1. The van der Waals surface area contributed by atoms with E-state index in [-0.39, 0.29) is 18.5 Å². The molecular weight excluding hydrogens is 351 g/mol. The van der Waals surface area contributed by atoms with Gasteiger partial charge in [0.05, 0.1) is 5.69 Å². The SMILES string of the molecule is Cc1cc(C)n2nc(C)c(C(=O)NC3CCN(CC(F)(F)F)C3=O)c2n1. The van der Waals surface area contributed by atoms with Gasteiger partial charge in [0.1, 0.15) is 18.2 Å². The van der Waals surface area contributed by atoms with Crippen molar-refractivity contribution in [2.24, 2.45) is 0 Å². The van der Waals surface area contributed by atoms with Crippen LogP contribution in [0.3, 0.4) is 0 Å². The summed E-state index contributed by atoms with van der Waals surface area (Å²) in [5.41, 5.74) is 2.51. The molecule has 3 rings (SSSR count). The van der Waals surface area contributed by atoms with Crippen molar-refractivity contribution in [1.82, 2.24) is 24.8 Å². The Balaban J connectivity index is 1.82. The van der Waals surface area contributed by atoms with E-state index < -0.39 is 30.6 Å². The van der Waals surface area contributed by atoms with Crippen molar-refractivity contribution in [3.8, 4) is 0 Å². The van der Waals surface area contributed by atoms with Crippen LogP contribution in [0.1, 0.15) is 33.9 Å². The molecule has 1 fully saturated rings. The van der Waals surface area contributed by atoms with Crippen LogP contribution >= 0.6 is 0 Å². The molecule has 0 aliphatic carbocycles. The predicted octanol–water partition coefficient (Wildman–Crippen LogP) is 1.55. The summed E-state index contributed by atoms with van der Waals surface area (Å²) in [6, 6.07) is 0.835. The lowest BCUT2D eigenvalue weighted by Gasteiger charge is -2.18.